The Labute approximate surface area is 81.5 Å². The topological polar surface area (TPSA) is 118 Å². The standard InChI is InChI=1S/C4H5N3O2.C3H7NO/c1-9-7-3(2-5)4(6)8;1-2-4-3-5/h1H3,(H2,6,8);3H,2H2,1H3,(H,4,5). The summed E-state index contributed by atoms with van der Waals surface area (Å²) in [4.78, 5) is 23.5. The average molecular weight is 200 g/mol. The number of carbonyl (C=O) groups is 2. The summed E-state index contributed by atoms with van der Waals surface area (Å²) in [6.45, 7) is 2.60. The highest BCUT2D eigenvalue weighted by molar-refractivity contribution is 6.44. The third-order valence-corrected chi connectivity index (χ3v) is 0.809. The van der Waals surface area contributed by atoms with E-state index in [4.69, 9.17) is 5.26 Å². The number of hydrogen-bond donors (Lipinski definition) is 2. The summed E-state index contributed by atoms with van der Waals surface area (Å²) in [5, 5.41) is 13.5. The minimum absolute atomic E-state index is 0.433. The van der Waals surface area contributed by atoms with E-state index in [0.717, 1.165) is 6.54 Å². The van der Waals surface area contributed by atoms with Gasteiger partial charge in [-0.1, -0.05) is 5.16 Å². The smallest absolute Gasteiger partial charge is 0.281 e. The second kappa shape index (κ2) is 10.9. The lowest BCUT2D eigenvalue weighted by Crippen LogP contribution is -2.21. The Kier molecular flexibility index (Phi) is 11.2. The molecule has 0 rings (SSSR count). The first-order chi connectivity index (χ1) is 6.63. The van der Waals surface area contributed by atoms with Gasteiger partial charge in [0.2, 0.25) is 12.1 Å². The van der Waals surface area contributed by atoms with Crippen molar-refractivity contribution in [2.75, 3.05) is 13.7 Å². The first kappa shape index (κ1) is 14.4. The largest absolute Gasteiger partial charge is 0.398 e. The fourth-order valence-electron chi connectivity index (χ4n) is 0.295. The summed E-state index contributed by atoms with van der Waals surface area (Å²) in [5.41, 5.74) is 4.23. The van der Waals surface area contributed by atoms with Crippen molar-refractivity contribution in [2.24, 2.45) is 10.9 Å². The van der Waals surface area contributed by atoms with Crippen molar-refractivity contribution in [3.05, 3.63) is 0 Å². The van der Waals surface area contributed by atoms with E-state index in [1.807, 2.05) is 6.92 Å². The predicted molar refractivity (Wildman–Crippen MR) is 49.0 cm³/mol. The van der Waals surface area contributed by atoms with Crippen LogP contribution in [0.15, 0.2) is 5.16 Å². The third kappa shape index (κ3) is 9.90. The van der Waals surface area contributed by atoms with Crippen LogP contribution in [0, 0.1) is 11.3 Å². The summed E-state index contributed by atoms with van der Waals surface area (Å²) < 4.78 is 0. The lowest BCUT2D eigenvalue weighted by Gasteiger charge is -1.86. The van der Waals surface area contributed by atoms with Gasteiger partial charge in [-0.25, -0.2) is 0 Å². The quantitative estimate of drug-likeness (QED) is 0.335. The minimum atomic E-state index is -0.889. The molecule has 2 amide bonds. The highest BCUT2D eigenvalue weighted by Crippen LogP contribution is 1.74. The number of nitrogens with one attached hydrogen (secondary N) is 1. The van der Waals surface area contributed by atoms with Gasteiger partial charge in [0.25, 0.3) is 5.91 Å². The molecule has 14 heavy (non-hydrogen) atoms. The van der Waals surface area contributed by atoms with Crippen LogP contribution >= 0.6 is 0 Å². The molecule has 0 atom stereocenters. The molecule has 0 spiro atoms. The van der Waals surface area contributed by atoms with E-state index in [1.165, 1.54) is 13.2 Å². The number of carbonyl (C=O) groups excluding carboxylic acids is 2. The van der Waals surface area contributed by atoms with E-state index >= 15 is 0 Å². The van der Waals surface area contributed by atoms with Crippen LogP contribution in [0.1, 0.15) is 6.92 Å². The summed E-state index contributed by atoms with van der Waals surface area (Å²) in [6.07, 6.45) is 0.681. The molecule has 78 valence electrons. The van der Waals surface area contributed by atoms with Crippen LogP contribution in [-0.2, 0) is 14.4 Å². The molecule has 7 heteroatoms. The van der Waals surface area contributed by atoms with Crippen molar-refractivity contribution < 1.29 is 14.4 Å². The van der Waals surface area contributed by atoms with Crippen LogP contribution in [0.25, 0.3) is 0 Å². The van der Waals surface area contributed by atoms with Gasteiger partial charge in [0, 0.05) is 6.54 Å². The monoisotopic (exact) mass is 200 g/mol. The fourth-order valence-corrected chi connectivity index (χ4v) is 0.295. The van der Waals surface area contributed by atoms with Gasteiger partial charge in [0.1, 0.15) is 13.2 Å². The first-order valence-electron chi connectivity index (χ1n) is 3.62. The molecule has 3 N–H and O–H groups in total. The molecule has 0 aliphatic rings. The average Bonchev–Trinajstić information content (AvgIpc) is 2.16. The van der Waals surface area contributed by atoms with Crippen molar-refractivity contribution in [2.45, 2.75) is 6.92 Å². The van der Waals surface area contributed by atoms with E-state index < -0.39 is 11.6 Å². The Morgan fingerprint density at radius 2 is 2.36 bits per heavy atom. The number of amides is 2. The number of nitrogens with zero attached hydrogens (tertiary/aromatic N) is 2. The third-order valence-electron chi connectivity index (χ3n) is 0.809. The van der Waals surface area contributed by atoms with Crippen molar-refractivity contribution in [3.8, 4) is 6.07 Å². The van der Waals surface area contributed by atoms with Crippen molar-refractivity contribution in [1.29, 1.82) is 5.26 Å². The Morgan fingerprint density at radius 3 is 2.43 bits per heavy atom. The van der Waals surface area contributed by atoms with Crippen molar-refractivity contribution in [1.82, 2.24) is 5.32 Å². The van der Waals surface area contributed by atoms with Gasteiger partial charge in [-0.3, -0.25) is 9.59 Å². The number of nitriles is 1. The molecule has 0 fully saturated rings. The minimum Gasteiger partial charge on any atom is -0.398 e. The van der Waals surface area contributed by atoms with Gasteiger partial charge >= 0.3 is 0 Å². The van der Waals surface area contributed by atoms with E-state index in [1.54, 1.807) is 0 Å². The maximum Gasteiger partial charge on any atom is 0.281 e. The molecule has 7 nitrogen and oxygen atoms in total. The number of rotatable bonds is 4. The van der Waals surface area contributed by atoms with Crippen molar-refractivity contribution >= 4 is 18.0 Å². The van der Waals surface area contributed by atoms with Crippen LogP contribution in [0.5, 0.6) is 0 Å². The molecular formula is C7H12N4O3. The Morgan fingerprint density at radius 1 is 1.79 bits per heavy atom. The Hall–Kier alpha value is -2.10. The number of primary amides is 1. The van der Waals surface area contributed by atoms with Gasteiger partial charge in [-0.2, -0.15) is 5.26 Å². The Bertz CT molecular complexity index is 244. The van der Waals surface area contributed by atoms with E-state index in [9.17, 15) is 9.59 Å². The number of hydrogen-bond acceptors (Lipinski definition) is 5. The lowest BCUT2D eigenvalue weighted by molar-refractivity contribution is -0.112. The van der Waals surface area contributed by atoms with E-state index in [2.05, 4.69) is 21.0 Å². The first-order valence-corrected chi connectivity index (χ1v) is 3.62. The predicted octanol–water partition coefficient (Wildman–Crippen LogP) is -1.25. The molecule has 0 bridgehead atoms. The van der Waals surface area contributed by atoms with Gasteiger partial charge in [-0.15, -0.1) is 0 Å². The maximum absolute atomic E-state index is 10.1. The van der Waals surface area contributed by atoms with Gasteiger partial charge < -0.3 is 15.9 Å². The van der Waals surface area contributed by atoms with Gasteiger partial charge in [0.05, 0.1) is 0 Å². The zero-order valence-electron chi connectivity index (χ0n) is 7.98. The molecule has 0 aromatic rings. The van der Waals surface area contributed by atoms with Crippen LogP contribution in [-0.4, -0.2) is 31.7 Å². The highest BCUT2D eigenvalue weighted by atomic mass is 16.6. The maximum atomic E-state index is 10.1. The summed E-state index contributed by atoms with van der Waals surface area (Å²) in [6, 6.07) is 1.45. The molecule has 0 aliphatic carbocycles. The SMILES string of the molecule is CCNC=O.CON=C(C#N)C(N)=O. The van der Waals surface area contributed by atoms with Crippen LogP contribution in [0.4, 0.5) is 0 Å². The molecule has 0 unspecified atom stereocenters. The van der Waals surface area contributed by atoms with Crippen LogP contribution in [0.2, 0.25) is 0 Å². The van der Waals surface area contributed by atoms with Crippen LogP contribution in [0.3, 0.4) is 0 Å². The molecule has 0 aromatic carbocycles. The van der Waals surface area contributed by atoms with E-state index in [-0.39, 0.29) is 0 Å². The zero-order chi connectivity index (χ0) is 11.4. The number of oxime groups is 1. The molecule has 0 saturated heterocycles. The molecular weight excluding hydrogens is 188 g/mol. The second-order valence-corrected chi connectivity index (χ2v) is 1.77. The summed E-state index contributed by atoms with van der Waals surface area (Å²) in [5.74, 6) is -0.889. The highest BCUT2D eigenvalue weighted by Gasteiger charge is 2.03. The lowest BCUT2D eigenvalue weighted by atomic mass is 10.4. The molecule has 0 aromatic heterocycles. The van der Waals surface area contributed by atoms with Gasteiger partial charge in [-0.05, 0) is 6.92 Å². The van der Waals surface area contributed by atoms with Crippen molar-refractivity contribution in [3.63, 3.8) is 0 Å². The van der Waals surface area contributed by atoms with E-state index in [0.29, 0.717) is 6.41 Å². The summed E-state index contributed by atoms with van der Waals surface area (Å²) >= 11 is 0. The Balaban J connectivity index is 0. The van der Waals surface area contributed by atoms with Gasteiger partial charge in [0.15, 0.2) is 0 Å². The second-order valence-electron chi connectivity index (χ2n) is 1.77. The molecule has 0 aliphatic heterocycles. The normalized spacial score (nSPS) is 8.79. The molecule has 0 heterocycles. The molecule has 0 saturated carbocycles. The zero-order valence-corrected chi connectivity index (χ0v) is 7.98. The molecule has 0 radical (unpaired) electrons. The van der Waals surface area contributed by atoms with Crippen LogP contribution < -0.4 is 11.1 Å². The summed E-state index contributed by atoms with van der Waals surface area (Å²) in [7, 11) is 1.22. The number of nitrogens with two attached hydrogens (primary N) is 1. The fraction of sp³-hybridized carbons (Fsp3) is 0.429.